The predicted octanol–water partition coefficient (Wildman–Crippen LogP) is 2.64. The van der Waals surface area contributed by atoms with Crippen LogP contribution in [0.3, 0.4) is 0 Å². The van der Waals surface area contributed by atoms with Crippen LogP contribution in [-0.4, -0.2) is 20.5 Å². The second-order valence-corrected chi connectivity index (χ2v) is 6.55. The number of rotatable bonds is 3. The summed E-state index contributed by atoms with van der Waals surface area (Å²) in [5.74, 6) is 0. The molecule has 2 aromatic rings. The van der Waals surface area contributed by atoms with Gasteiger partial charge in [-0.2, -0.15) is 0 Å². The quantitative estimate of drug-likeness (QED) is 0.932. The molecule has 1 aromatic carbocycles. The van der Waals surface area contributed by atoms with Gasteiger partial charge in [-0.15, -0.1) is 5.10 Å². The van der Waals surface area contributed by atoms with E-state index < -0.39 is 0 Å². The number of aryl methyl sites for hydroxylation is 2. The highest BCUT2D eigenvalue weighted by Gasteiger charge is 2.15. The fourth-order valence-electron chi connectivity index (χ4n) is 2.64. The van der Waals surface area contributed by atoms with Crippen LogP contribution in [0.4, 0.5) is 0 Å². The number of nitrogens with one attached hydrogen (secondary N) is 1. The lowest BCUT2D eigenvalue weighted by molar-refractivity contribution is 0.418. The van der Waals surface area contributed by atoms with Crippen molar-refractivity contribution in [1.29, 1.82) is 0 Å². The van der Waals surface area contributed by atoms with Crippen LogP contribution in [0.5, 0.6) is 0 Å². The molecule has 0 spiro atoms. The van der Waals surface area contributed by atoms with Crippen molar-refractivity contribution in [2.45, 2.75) is 52.1 Å². The SMILES string of the molecule is CC(C)(C)NCc1cnnn1-c1ccc2c(c1)CCC2. The number of benzene rings is 1. The summed E-state index contributed by atoms with van der Waals surface area (Å²) in [6.45, 7) is 7.26. The van der Waals surface area contributed by atoms with Crippen LogP contribution in [-0.2, 0) is 19.4 Å². The second kappa shape index (κ2) is 5.02. The highest BCUT2D eigenvalue weighted by atomic mass is 15.4. The smallest absolute Gasteiger partial charge is 0.0783 e. The molecule has 1 heterocycles. The highest BCUT2D eigenvalue weighted by molar-refractivity contribution is 5.42. The molecule has 0 fully saturated rings. The number of nitrogens with zero attached hydrogens (tertiary/aromatic N) is 3. The van der Waals surface area contributed by atoms with E-state index in [-0.39, 0.29) is 5.54 Å². The summed E-state index contributed by atoms with van der Waals surface area (Å²) in [5.41, 5.74) is 5.26. The number of hydrogen-bond acceptors (Lipinski definition) is 3. The fraction of sp³-hybridized carbons (Fsp3) is 0.500. The van der Waals surface area contributed by atoms with Gasteiger partial charge in [0.1, 0.15) is 0 Å². The maximum Gasteiger partial charge on any atom is 0.0783 e. The van der Waals surface area contributed by atoms with Gasteiger partial charge in [-0.25, -0.2) is 4.68 Å². The van der Waals surface area contributed by atoms with Gasteiger partial charge in [-0.05, 0) is 63.3 Å². The number of aromatic nitrogens is 3. The van der Waals surface area contributed by atoms with Crippen LogP contribution in [0.2, 0.25) is 0 Å². The third-order valence-electron chi connectivity index (χ3n) is 3.75. The molecule has 4 heteroatoms. The lowest BCUT2D eigenvalue weighted by Gasteiger charge is -2.20. The standard InChI is InChI=1S/C16H22N4/c1-16(2,3)17-10-15-11-18-19-20(15)14-8-7-12-5-4-6-13(12)9-14/h7-9,11,17H,4-6,10H2,1-3H3. The third-order valence-corrected chi connectivity index (χ3v) is 3.75. The molecule has 1 aliphatic rings. The largest absolute Gasteiger partial charge is 0.306 e. The summed E-state index contributed by atoms with van der Waals surface area (Å²) in [6.07, 6.45) is 5.51. The first-order valence-corrected chi connectivity index (χ1v) is 7.30. The van der Waals surface area contributed by atoms with E-state index in [2.05, 4.69) is 54.6 Å². The van der Waals surface area contributed by atoms with E-state index in [9.17, 15) is 0 Å². The van der Waals surface area contributed by atoms with Crippen molar-refractivity contribution in [2.75, 3.05) is 0 Å². The van der Waals surface area contributed by atoms with Crippen LogP contribution < -0.4 is 5.32 Å². The summed E-state index contributed by atoms with van der Waals surface area (Å²) < 4.78 is 1.94. The zero-order chi connectivity index (χ0) is 14.2. The zero-order valence-electron chi connectivity index (χ0n) is 12.5. The predicted molar refractivity (Wildman–Crippen MR) is 80.0 cm³/mol. The maximum atomic E-state index is 4.24. The Labute approximate surface area is 120 Å². The Kier molecular flexibility index (Phi) is 3.34. The van der Waals surface area contributed by atoms with E-state index in [1.807, 2.05) is 10.9 Å². The molecule has 1 aliphatic carbocycles. The first-order valence-electron chi connectivity index (χ1n) is 7.30. The Morgan fingerprint density at radius 3 is 2.80 bits per heavy atom. The molecule has 0 amide bonds. The number of fused-ring (bicyclic) bond motifs is 1. The minimum Gasteiger partial charge on any atom is -0.306 e. The van der Waals surface area contributed by atoms with E-state index in [1.165, 1.54) is 30.4 Å². The zero-order valence-corrected chi connectivity index (χ0v) is 12.5. The van der Waals surface area contributed by atoms with Crippen molar-refractivity contribution in [3.8, 4) is 5.69 Å². The van der Waals surface area contributed by atoms with E-state index >= 15 is 0 Å². The molecule has 0 unspecified atom stereocenters. The van der Waals surface area contributed by atoms with Gasteiger partial charge < -0.3 is 5.32 Å². The minimum atomic E-state index is 0.0903. The summed E-state index contributed by atoms with van der Waals surface area (Å²) in [7, 11) is 0. The molecule has 0 saturated heterocycles. The Morgan fingerprint density at radius 1 is 1.20 bits per heavy atom. The lowest BCUT2D eigenvalue weighted by Crippen LogP contribution is -2.35. The van der Waals surface area contributed by atoms with Crippen molar-refractivity contribution in [3.05, 3.63) is 41.2 Å². The molecule has 0 radical (unpaired) electrons. The van der Waals surface area contributed by atoms with Gasteiger partial charge in [-0.1, -0.05) is 11.3 Å². The summed E-state index contributed by atoms with van der Waals surface area (Å²) in [4.78, 5) is 0. The monoisotopic (exact) mass is 270 g/mol. The highest BCUT2D eigenvalue weighted by Crippen LogP contribution is 2.24. The van der Waals surface area contributed by atoms with E-state index in [4.69, 9.17) is 0 Å². The minimum absolute atomic E-state index is 0.0903. The molecular weight excluding hydrogens is 248 g/mol. The van der Waals surface area contributed by atoms with Crippen LogP contribution in [0.15, 0.2) is 24.4 Å². The van der Waals surface area contributed by atoms with Crippen LogP contribution >= 0.6 is 0 Å². The molecule has 0 bridgehead atoms. The van der Waals surface area contributed by atoms with Crippen LogP contribution in [0.25, 0.3) is 5.69 Å². The van der Waals surface area contributed by atoms with E-state index in [0.29, 0.717) is 0 Å². The van der Waals surface area contributed by atoms with Gasteiger partial charge in [0.25, 0.3) is 0 Å². The average Bonchev–Trinajstić information content (AvgIpc) is 3.03. The van der Waals surface area contributed by atoms with Crippen molar-refractivity contribution >= 4 is 0 Å². The van der Waals surface area contributed by atoms with Crippen molar-refractivity contribution in [2.24, 2.45) is 0 Å². The van der Waals surface area contributed by atoms with E-state index in [1.54, 1.807) is 0 Å². The van der Waals surface area contributed by atoms with Crippen LogP contribution in [0.1, 0.15) is 44.0 Å². The topological polar surface area (TPSA) is 42.7 Å². The molecule has 3 rings (SSSR count). The first-order chi connectivity index (χ1) is 9.53. The molecule has 1 N–H and O–H groups in total. The fourth-order valence-corrected chi connectivity index (χ4v) is 2.64. The van der Waals surface area contributed by atoms with Crippen molar-refractivity contribution < 1.29 is 0 Å². The average molecular weight is 270 g/mol. The van der Waals surface area contributed by atoms with Gasteiger partial charge in [0.05, 0.1) is 17.6 Å². The van der Waals surface area contributed by atoms with Crippen molar-refractivity contribution in [3.63, 3.8) is 0 Å². The summed E-state index contributed by atoms with van der Waals surface area (Å²) >= 11 is 0. The maximum absolute atomic E-state index is 4.24. The molecule has 0 saturated carbocycles. The van der Waals surface area contributed by atoms with Crippen LogP contribution in [0, 0.1) is 0 Å². The molecule has 20 heavy (non-hydrogen) atoms. The Morgan fingerprint density at radius 2 is 2.00 bits per heavy atom. The molecule has 4 nitrogen and oxygen atoms in total. The molecule has 106 valence electrons. The van der Waals surface area contributed by atoms with Crippen molar-refractivity contribution in [1.82, 2.24) is 20.3 Å². The summed E-state index contributed by atoms with van der Waals surface area (Å²) in [6, 6.07) is 6.65. The molecule has 0 atom stereocenters. The van der Waals surface area contributed by atoms with Gasteiger partial charge in [0.15, 0.2) is 0 Å². The molecule has 0 aliphatic heterocycles. The Hall–Kier alpha value is -1.68. The Balaban J connectivity index is 1.86. The Bertz CT molecular complexity index is 607. The lowest BCUT2D eigenvalue weighted by atomic mass is 10.1. The molecular formula is C16H22N4. The summed E-state index contributed by atoms with van der Waals surface area (Å²) in [5, 5.41) is 11.8. The normalized spacial score (nSPS) is 14.6. The third kappa shape index (κ3) is 2.75. The molecule has 1 aromatic heterocycles. The van der Waals surface area contributed by atoms with Gasteiger partial charge >= 0.3 is 0 Å². The van der Waals surface area contributed by atoms with E-state index in [0.717, 1.165) is 17.9 Å². The van der Waals surface area contributed by atoms with Gasteiger partial charge in [-0.3, -0.25) is 0 Å². The van der Waals surface area contributed by atoms with Gasteiger partial charge in [0.2, 0.25) is 0 Å². The van der Waals surface area contributed by atoms with Gasteiger partial charge in [0, 0.05) is 12.1 Å². The second-order valence-electron chi connectivity index (χ2n) is 6.55. The first kappa shape index (κ1) is 13.3. The number of hydrogen-bond donors (Lipinski definition) is 1.